The van der Waals surface area contributed by atoms with Gasteiger partial charge in [-0.25, -0.2) is 4.39 Å². The number of aryl methyl sites for hydroxylation is 1. The van der Waals surface area contributed by atoms with Crippen molar-refractivity contribution in [1.82, 2.24) is 5.32 Å². The van der Waals surface area contributed by atoms with Gasteiger partial charge in [-0.2, -0.15) is 0 Å². The van der Waals surface area contributed by atoms with Gasteiger partial charge in [-0.1, -0.05) is 19.9 Å². The van der Waals surface area contributed by atoms with Crippen LogP contribution in [0.3, 0.4) is 0 Å². The lowest BCUT2D eigenvalue weighted by molar-refractivity contribution is 0.392. The topological polar surface area (TPSA) is 15.3 Å². The lowest BCUT2D eigenvalue weighted by Gasteiger charge is -2.36. The van der Waals surface area contributed by atoms with Gasteiger partial charge in [0.2, 0.25) is 0 Å². The zero-order chi connectivity index (χ0) is 13.1. The van der Waals surface area contributed by atoms with E-state index in [1.54, 1.807) is 6.07 Å². The molecule has 0 saturated carbocycles. The van der Waals surface area contributed by atoms with Crippen molar-refractivity contribution in [2.24, 2.45) is 0 Å². The maximum absolute atomic E-state index is 14.0. The lowest BCUT2D eigenvalue weighted by Crippen LogP contribution is -2.48. The summed E-state index contributed by atoms with van der Waals surface area (Å²) >= 11 is 0. The molecular formula is C15H23FN2. The van der Waals surface area contributed by atoms with Crippen LogP contribution in [0.5, 0.6) is 0 Å². The molecule has 1 aromatic carbocycles. The quantitative estimate of drug-likeness (QED) is 0.886. The number of nitrogens with zero attached hydrogens (tertiary/aromatic N) is 1. The van der Waals surface area contributed by atoms with Gasteiger partial charge in [0, 0.05) is 25.2 Å². The summed E-state index contributed by atoms with van der Waals surface area (Å²) in [4.78, 5) is 2.16. The Hall–Kier alpha value is -1.09. The smallest absolute Gasteiger partial charge is 0.146 e. The number of nitrogens with one attached hydrogen (secondary N) is 1. The van der Waals surface area contributed by atoms with Crippen LogP contribution in [0.4, 0.5) is 10.1 Å². The van der Waals surface area contributed by atoms with E-state index < -0.39 is 0 Å². The van der Waals surface area contributed by atoms with E-state index in [4.69, 9.17) is 0 Å². The summed E-state index contributed by atoms with van der Waals surface area (Å²) in [6, 6.07) is 6.46. The van der Waals surface area contributed by atoms with Gasteiger partial charge in [0.25, 0.3) is 0 Å². The zero-order valence-electron chi connectivity index (χ0n) is 11.5. The third-order valence-corrected chi connectivity index (χ3v) is 3.43. The second-order valence-corrected chi connectivity index (χ2v) is 5.56. The van der Waals surface area contributed by atoms with Crippen molar-refractivity contribution >= 4 is 5.69 Å². The minimum absolute atomic E-state index is 0.0970. The number of hydrogen-bond acceptors (Lipinski definition) is 2. The van der Waals surface area contributed by atoms with Crippen LogP contribution >= 0.6 is 0 Å². The van der Waals surface area contributed by atoms with Gasteiger partial charge in [0.15, 0.2) is 0 Å². The molecule has 1 fully saturated rings. The first kappa shape index (κ1) is 13.3. The molecule has 0 amide bonds. The monoisotopic (exact) mass is 250 g/mol. The molecule has 1 N–H and O–H groups in total. The van der Waals surface area contributed by atoms with Crippen molar-refractivity contribution in [1.29, 1.82) is 0 Å². The van der Waals surface area contributed by atoms with Crippen LogP contribution in [0, 0.1) is 12.7 Å². The molecular weight excluding hydrogens is 227 g/mol. The van der Waals surface area contributed by atoms with E-state index in [1.165, 1.54) is 6.42 Å². The van der Waals surface area contributed by atoms with Gasteiger partial charge < -0.3 is 10.2 Å². The molecule has 0 spiro atoms. The van der Waals surface area contributed by atoms with Gasteiger partial charge in [-0.3, -0.25) is 0 Å². The van der Waals surface area contributed by atoms with Crippen LogP contribution in [0.1, 0.15) is 32.3 Å². The number of rotatable bonds is 3. The van der Waals surface area contributed by atoms with E-state index in [9.17, 15) is 4.39 Å². The summed E-state index contributed by atoms with van der Waals surface area (Å²) in [6.45, 7) is 8.09. The molecule has 1 unspecified atom stereocenters. The minimum atomic E-state index is -0.0970. The predicted octanol–water partition coefficient (Wildman–Crippen LogP) is 3.10. The third-order valence-electron chi connectivity index (χ3n) is 3.43. The molecule has 0 aliphatic carbocycles. The average molecular weight is 250 g/mol. The predicted molar refractivity (Wildman–Crippen MR) is 74.6 cm³/mol. The number of halogens is 1. The Morgan fingerprint density at radius 3 is 2.83 bits per heavy atom. The van der Waals surface area contributed by atoms with E-state index in [0.717, 1.165) is 30.8 Å². The zero-order valence-corrected chi connectivity index (χ0v) is 11.5. The number of hydrogen-bond donors (Lipinski definition) is 1. The van der Waals surface area contributed by atoms with Crippen LogP contribution in [0.2, 0.25) is 0 Å². The van der Waals surface area contributed by atoms with E-state index in [-0.39, 0.29) is 5.82 Å². The molecule has 2 rings (SSSR count). The average Bonchev–Trinajstić information content (AvgIpc) is 2.28. The Kier molecular flexibility index (Phi) is 4.23. The molecule has 0 radical (unpaired) electrons. The van der Waals surface area contributed by atoms with Gasteiger partial charge in [0.05, 0.1) is 5.69 Å². The van der Waals surface area contributed by atoms with Gasteiger partial charge in [-0.05, 0) is 37.5 Å². The Morgan fingerprint density at radius 2 is 2.17 bits per heavy atom. The summed E-state index contributed by atoms with van der Waals surface area (Å²) < 4.78 is 14.0. The first-order valence-electron chi connectivity index (χ1n) is 6.83. The van der Waals surface area contributed by atoms with Crippen LogP contribution in [0.15, 0.2) is 18.2 Å². The molecule has 1 aromatic rings. The van der Waals surface area contributed by atoms with Crippen molar-refractivity contribution in [3.05, 3.63) is 29.6 Å². The summed E-state index contributed by atoms with van der Waals surface area (Å²) in [5.41, 5.74) is 1.72. The largest absolute Gasteiger partial charge is 0.368 e. The van der Waals surface area contributed by atoms with Crippen LogP contribution in [-0.2, 0) is 0 Å². The molecule has 3 heteroatoms. The molecule has 1 heterocycles. The first-order chi connectivity index (χ1) is 8.56. The SMILES string of the molecule is Cc1ccc(N2CCCC(NC(C)C)C2)c(F)c1. The van der Waals surface area contributed by atoms with Crippen molar-refractivity contribution in [2.45, 2.75) is 45.7 Å². The van der Waals surface area contributed by atoms with E-state index in [0.29, 0.717) is 12.1 Å². The maximum atomic E-state index is 14.0. The molecule has 1 aliphatic heterocycles. The molecule has 1 aliphatic rings. The second-order valence-electron chi connectivity index (χ2n) is 5.56. The Labute approximate surface area is 109 Å². The summed E-state index contributed by atoms with van der Waals surface area (Å²) in [7, 11) is 0. The van der Waals surface area contributed by atoms with Crippen molar-refractivity contribution in [2.75, 3.05) is 18.0 Å². The van der Waals surface area contributed by atoms with Crippen LogP contribution in [-0.4, -0.2) is 25.2 Å². The van der Waals surface area contributed by atoms with Crippen molar-refractivity contribution < 1.29 is 4.39 Å². The highest BCUT2D eigenvalue weighted by atomic mass is 19.1. The molecule has 0 aromatic heterocycles. The highest BCUT2D eigenvalue weighted by Crippen LogP contribution is 2.24. The minimum Gasteiger partial charge on any atom is -0.368 e. The third kappa shape index (κ3) is 3.22. The van der Waals surface area contributed by atoms with E-state index >= 15 is 0 Å². The van der Waals surface area contributed by atoms with Crippen LogP contribution in [0.25, 0.3) is 0 Å². The number of benzene rings is 1. The van der Waals surface area contributed by atoms with Gasteiger partial charge in [0.1, 0.15) is 5.82 Å². The Balaban J connectivity index is 2.08. The molecule has 100 valence electrons. The van der Waals surface area contributed by atoms with Crippen molar-refractivity contribution in [3.63, 3.8) is 0 Å². The fourth-order valence-corrected chi connectivity index (χ4v) is 2.67. The highest BCUT2D eigenvalue weighted by molar-refractivity contribution is 5.49. The Morgan fingerprint density at radius 1 is 1.39 bits per heavy atom. The summed E-state index contributed by atoms with van der Waals surface area (Å²) in [5.74, 6) is -0.0970. The summed E-state index contributed by atoms with van der Waals surface area (Å²) in [5, 5.41) is 3.55. The molecule has 0 bridgehead atoms. The summed E-state index contributed by atoms with van der Waals surface area (Å²) in [6.07, 6.45) is 2.31. The lowest BCUT2D eigenvalue weighted by atomic mass is 10.0. The maximum Gasteiger partial charge on any atom is 0.146 e. The fraction of sp³-hybridized carbons (Fsp3) is 0.600. The van der Waals surface area contributed by atoms with Gasteiger partial charge in [-0.15, -0.1) is 0 Å². The number of anilines is 1. The standard InChI is InChI=1S/C15H23FN2/c1-11(2)17-13-5-4-8-18(10-13)15-7-6-12(3)9-14(15)16/h6-7,9,11,13,17H,4-5,8,10H2,1-3H3. The molecule has 1 atom stereocenters. The Bertz CT molecular complexity index is 403. The first-order valence-corrected chi connectivity index (χ1v) is 6.83. The second kappa shape index (κ2) is 5.70. The molecule has 1 saturated heterocycles. The van der Waals surface area contributed by atoms with E-state index in [1.807, 2.05) is 19.1 Å². The van der Waals surface area contributed by atoms with Crippen LogP contribution < -0.4 is 10.2 Å². The molecule has 18 heavy (non-hydrogen) atoms. The van der Waals surface area contributed by atoms with Crippen molar-refractivity contribution in [3.8, 4) is 0 Å². The number of piperidine rings is 1. The fourth-order valence-electron chi connectivity index (χ4n) is 2.67. The van der Waals surface area contributed by atoms with Gasteiger partial charge >= 0.3 is 0 Å². The normalized spacial score (nSPS) is 20.5. The molecule has 2 nitrogen and oxygen atoms in total. The highest BCUT2D eigenvalue weighted by Gasteiger charge is 2.22. The van der Waals surface area contributed by atoms with E-state index in [2.05, 4.69) is 24.1 Å².